The van der Waals surface area contributed by atoms with Crippen LogP contribution >= 0.6 is 0 Å². The molecule has 0 unspecified atom stereocenters. The second kappa shape index (κ2) is 3.70. The highest BCUT2D eigenvalue weighted by atomic mass is 19.1. The van der Waals surface area contributed by atoms with E-state index in [2.05, 4.69) is 10.2 Å². The molecule has 0 aliphatic carbocycles. The Bertz CT molecular complexity index is 686. The van der Waals surface area contributed by atoms with Gasteiger partial charge in [-0.25, -0.2) is 4.39 Å². The van der Waals surface area contributed by atoms with Gasteiger partial charge < -0.3 is 0 Å². The molecule has 0 atom stereocenters. The molecule has 0 aliphatic rings. The van der Waals surface area contributed by atoms with Crippen molar-refractivity contribution in [3.63, 3.8) is 0 Å². The number of H-pyrrole nitrogens is 1. The molecule has 0 radical (unpaired) electrons. The fraction of sp³-hybridized carbons (Fsp3) is 0.0714. The summed E-state index contributed by atoms with van der Waals surface area (Å²) in [5.41, 5.74) is 3.42. The highest BCUT2D eigenvalue weighted by Gasteiger charge is 2.08. The number of benzene rings is 2. The molecule has 0 spiro atoms. The van der Waals surface area contributed by atoms with Crippen LogP contribution in [0.25, 0.3) is 22.2 Å². The molecule has 0 amide bonds. The fourth-order valence-corrected chi connectivity index (χ4v) is 1.98. The van der Waals surface area contributed by atoms with E-state index in [0.717, 1.165) is 22.2 Å². The second-order valence-corrected chi connectivity index (χ2v) is 4.08. The molecular formula is C14H11FN2. The number of hydrogen-bond donors (Lipinski definition) is 1. The summed E-state index contributed by atoms with van der Waals surface area (Å²) in [6, 6.07) is 13.0. The number of halogens is 1. The van der Waals surface area contributed by atoms with Gasteiger partial charge in [-0.15, -0.1) is 0 Å². The van der Waals surface area contributed by atoms with Crippen LogP contribution in [0, 0.1) is 12.7 Å². The van der Waals surface area contributed by atoms with E-state index in [9.17, 15) is 4.39 Å². The zero-order valence-corrected chi connectivity index (χ0v) is 9.37. The molecule has 3 rings (SSSR count). The minimum Gasteiger partial charge on any atom is -0.277 e. The van der Waals surface area contributed by atoms with Crippen LogP contribution < -0.4 is 0 Å². The van der Waals surface area contributed by atoms with Crippen LogP contribution in [-0.4, -0.2) is 10.2 Å². The van der Waals surface area contributed by atoms with Gasteiger partial charge in [0.2, 0.25) is 0 Å². The SMILES string of the molecule is Cc1cc(-c2n[nH]c3ccccc23)ccc1F. The monoisotopic (exact) mass is 226 g/mol. The summed E-state index contributed by atoms with van der Waals surface area (Å²) in [5, 5.41) is 8.32. The lowest BCUT2D eigenvalue weighted by molar-refractivity contribution is 0.619. The first kappa shape index (κ1) is 10.0. The number of aryl methyl sites for hydroxylation is 1. The van der Waals surface area contributed by atoms with Crippen LogP contribution in [0.15, 0.2) is 42.5 Å². The van der Waals surface area contributed by atoms with Gasteiger partial charge in [0.1, 0.15) is 5.82 Å². The largest absolute Gasteiger partial charge is 0.277 e. The zero-order valence-electron chi connectivity index (χ0n) is 9.37. The highest BCUT2D eigenvalue weighted by molar-refractivity contribution is 5.92. The summed E-state index contributed by atoms with van der Waals surface area (Å²) >= 11 is 0. The molecule has 84 valence electrons. The number of nitrogens with zero attached hydrogens (tertiary/aromatic N) is 1. The molecule has 0 aliphatic heterocycles. The smallest absolute Gasteiger partial charge is 0.126 e. The summed E-state index contributed by atoms with van der Waals surface area (Å²) < 4.78 is 13.2. The van der Waals surface area contributed by atoms with Gasteiger partial charge in [-0.2, -0.15) is 5.10 Å². The van der Waals surface area contributed by atoms with Crippen LogP contribution in [0.1, 0.15) is 5.56 Å². The summed E-state index contributed by atoms with van der Waals surface area (Å²) in [7, 11) is 0. The average molecular weight is 226 g/mol. The van der Waals surface area contributed by atoms with E-state index in [1.807, 2.05) is 30.3 Å². The van der Waals surface area contributed by atoms with E-state index in [4.69, 9.17) is 0 Å². The minimum absolute atomic E-state index is 0.186. The first-order valence-electron chi connectivity index (χ1n) is 5.45. The topological polar surface area (TPSA) is 28.7 Å². The van der Waals surface area contributed by atoms with Crippen LogP contribution in [0.2, 0.25) is 0 Å². The van der Waals surface area contributed by atoms with Crippen molar-refractivity contribution in [2.24, 2.45) is 0 Å². The van der Waals surface area contributed by atoms with Gasteiger partial charge >= 0.3 is 0 Å². The lowest BCUT2D eigenvalue weighted by Crippen LogP contribution is -1.85. The molecule has 1 N–H and O–H groups in total. The number of rotatable bonds is 1. The molecule has 1 heterocycles. The van der Waals surface area contributed by atoms with Gasteiger partial charge in [0.25, 0.3) is 0 Å². The normalized spacial score (nSPS) is 10.9. The van der Waals surface area contributed by atoms with Crippen molar-refractivity contribution >= 4 is 10.9 Å². The maximum atomic E-state index is 13.2. The van der Waals surface area contributed by atoms with Gasteiger partial charge in [-0.3, -0.25) is 5.10 Å². The van der Waals surface area contributed by atoms with Crippen LogP contribution in [0.5, 0.6) is 0 Å². The molecule has 3 heteroatoms. The Kier molecular flexibility index (Phi) is 2.18. The fourth-order valence-electron chi connectivity index (χ4n) is 1.98. The molecule has 1 aromatic heterocycles. The van der Waals surface area contributed by atoms with E-state index in [0.29, 0.717) is 5.56 Å². The van der Waals surface area contributed by atoms with Crippen LogP contribution in [-0.2, 0) is 0 Å². The van der Waals surface area contributed by atoms with Crippen molar-refractivity contribution in [2.75, 3.05) is 0 Å². The minimum atomic E-state index is -0.186. The third-order valence-electron chi connectivity index (χ3n) is 2.90. The number of para-hydroxylation sites is 1. The third kappa shape index (κ3) is 1.60. The van der Waals surface area contributed by atoms with Crippen molar-refractivity contribution in [3.8, 4) is 11.3 Å². The van der Waals surface area contributed by atoms with Crippen LogP contribution in [0.4, 0.5) is 4.39 Å². The zero-order chi connectivity index (χ0) is 11.8. The van der Waals surface area contributed by atoms with Crippen molar-refractivity contribution in [2.45, 2.75) is 6.92 Å². The molecule has 0 bridgehead atoms. The molecule has 2 aromatic carbocycles. The highest BCUT2D eigenvalue weighted by Crippen LogP contribution is 2.27. The number of aromatic amines is 1. The van der Waals surface area contributed by atoms with Gasteiger partial charge in [0.05, 0.1) is 11.2 Å². The molecule has 0 saturated heterocycles. The molecule has 0 fully saturated rings. The molecule has 0 saturated carbocycles. The van der Waals surface area contributed by atoms with E-state index in [-0.39, 0.29) is 5.82 Å². The Balaban J connectivity index is 2.24. The second-order valence-electron chi connectivity index (χ2n) is 4.08. The summed E-state index contributed by atoms with van der Waals surface area (Å²) in [4.78, 5) is 0. The Morgan fingerprint density at radius 1 is 1.12 bits per heavy atom. The molecular weight excluding hydrogens is 215 g/mol. The summed E-state index contributed by atoms with van der Waals surface area (Å²) in [6.07, 6.45) is 0. The molecule has 17 heavy (non-hydrogen) atoms. The van der Waals surface area contributed by atoms with E-state index in [1.165, 1.54) is 6.07 Å². The third-order valence-corrected chi connectivity index (χ3v) is 2.90. The maximum absolute atomic E-state index is 13.2. The van der Waals surface area contributed by atoms with E-state index < -0.39 is 0 Å². The standard InChI is InChI=1S/C14H11FN2/c1-9-8-10(6-7-12(9)15)14-11-4-2-3-5-13(11)16-17-14/h2-8H,1H3,(H,16,17). The molecule has 3 aromatic rings. The molecule has 2 nitrogen and oxygen atoms in total. The number of fused-ring (bicyclic) bond motifs is 1. The Hall–Kier alpha value is -2.16. The summed E-state index contributed by atoms with van der Waals surface area (Å²) in [6.45, 7) is 1.76. The van der Waals surface area contributed by atoms with Gasteiger partial charge in [0.15, 0.2) is 0 Å². The first-order chi connectivity index (χ1) is 8.25. The Morgan fingerprint density at radius 3 is 2.76 bits per heavy atom. The van der Waals surface area contributed by atoms with Crippen molar-refractivity contribution in [1.82, 2.24) is 10.2 Å². The lowest BCUT2D eigenvalue weighted by Gasteiger charge is -2.01. The first-order valence-corrected chi connectivity index (χ1v) is 5.45. The quantitative estimate of drug-likeness (QED) is 0.673. The average Bonchev–Trinajstić information content (AvgIpc) is 2.76. The Morgan fingerprint density at radius 2 is 1.94 bits per heavy atom. The lowest BCUT2D eigenvalue weighted by atomic mass is 10.1. The van der Waals surface area contributed by atoms with Gasteiger partial charge in [-0.1, -0.05) is 18.2 Å². The van der Waals surface area contributed by atoms with Crippen molar-refractivity contribution in [1.29, 1.82) is 0 Å². The predicted octanol–water partition coefficient (Wildman–Crippen LogP) is 3.68. The number of nitrogens with one attached hydrogen (secondary N) is 1. The maximum Gasteiger partial charge on any atom is 0.126 e. The van der Waals surface area contributed by atoms with Gasteiger partial charge in [-0.05, 0) is 36.8 Å². The number of aromatic nitrogens is 2. The van der Waals surface area contributed by atoms with Crippen molar-refractivity contribution in [3.05, 3.63) is 53.8 Å². The van der Waals surface area contributed by atoms with E-state index >= 15 is 0 Å². The van der Waals surface area contributed by atoms with Crippen LogP contribution in [0.3, 0.4) is 0 Å². The van der Waals surface area contributed by atoms with Crippen molar-refractivity contribution < 1.29 is 4.39 Å². The predicted molar refractivity (Wildman–Crippen MR) is 66.2 cm³/mol. The van der Waals surface area contributed by atoms with E-state index in [1.54, 1.807) is 13.0 Å². The van der Waals surface area contributed by atoms with Gasteiger partial charge in [0, 0.05) is 10.9 Å². The number of hydrogen-bond acceptors (Lipinski definition) is 1. The Labute approximate surface area is 98.1 Å². The summed E-state index contributed by atoms with van der Waals surface area (Å²) in [5.74, 6) is -0.186.